The van der Waals surface area contributed by atoms with E-state index in [0.717, 1.165) is 16.7 Å². The third kappa shape index (κ3) is 6.64. The normalized spacial score (nSPS) is 13.5. The van der Waals surface area contributed by atoms with E-state index < -0.39 is 12.2 Å². The maximum atomic E-state index is 9.83. The first-order chi connectivity index (χ1) is 18.8. The van der Waals surface area contributed by atoms with E-state index in [1.807, 2.05) is 49.6 Å². The fourth-order valence-electron chi connectivity index (χ4n) is 3.90. The number of aliphatic hydroxyl groups excluding tert-OH is 1. The number of rotatable bonds is 12. The van der Waals surface area contributed by atoms with Gasteiger partial charge in [-0.15, -0.1) is 10.2 Å². The van der Waals surface area contributed by atoms with Crippen molar-refractivity contribution in [3.63, 3.8) is 0 Å². The summed E-state index contributed by atoms with van der Waals surface area (Å²) in [6.45, 7) is 7.71. The third-order valence-electron chi connectivity index (χ3n) is 5.76. The number of nitrogens with one attached hydrogen (secondary N) is 1. The fraction of sp³-hybridized carbons (Fsp3) is 0.370. The van der Waals surface area contributed by atoms with Crippen molar-refractivity contribution in [2.75, 3.05) is 25.5 Å². The zero-order chi connectivity index (χ0) is 27.9. The largest absolute Gasteiger partial charge is 0.494 e. The van der Waals surface area contributed by atoms with Crippen LogP contribution in [0.5, 0.6) is 11.5 Å². The van der Waals surface area contributed by atoms with Crippen LogP contribution >= 0.6 is 11.9 Å². The lowest BCUT2D eigenvalue weighted by atomic mass is 10.2. The number of hydrogen-bond donors (Lipinski definition) is 2. The third-order valence-corrected chi connectivity index (χ3v) is 6.68. The summed E-state index contributed by atoms with van der Waals surface area (Å²) in [5, 5.41) is 18.6. The molecule has 0 bridgehead atoms. The highest BCUT2D eigenvalue weighted by molar-refractivity contribution is 8.01. The van der Waals surface area contributed by atoms with Gasteiger partial charge in [0.1, 0.15) is 23.3 Å². The van der Waals surface area contributed by atoms with E-state index in [1.54, 1.807) is 45.9 Å². The predicted molar refractivity (Wildman–Crippen MR) is 150 cm³/mol. The van der Waals surface area contributed by atoms with E-state index in [-0.39, 0.29) is 11.9 Å². The Kier molecular flexibility index (Phi) is 9.33. The summed E-state index contributed by atoms with van der Waals surface area (Å²) in [5.74, 6) is 2.72. The van der Waals surface area contributed by atoms with E-state index in [0.29, 0.717) is 34.8 Å². The van der Waals surface area contributed by atoms with Crippen molar-refractivity contribution in [1.29, 1.82) is 0 Å². The molecule has 12 heteroatoms. The van der Waals surface area contributed by atoms with E-state index in [2.05, 4.69) is 29.9 Å². The zero-order valence-corrected chi connectivity index (χ0v) is 23.6. The van der Waals surface area contributed by atoms with Crippen molar-refractivity contribution in [2.45, 2.75) is 45.2 Å². The maximum absolute atomic E-state index is 9.83. The zero-order valence-electron chi connectivity index (χ0n) is 22.8. The smallest absolute Gasteiger partial charge is 0.239 e. The number of hydrogen-bond acceptors (Lipinski definition) is 11. The van der Waals surface area contributed by atoms with Gasteiger partial charge in [-0.1, -0.05) is 6.07 Å². The van der Waals surface area contributed by atoms with E-state index in [4.69, 9.17) is 14.2 Å². The summed E-state index contributed by atoms with van der Waals surface area (Å²) in [7, 11) is 3.21. The minimum atomic E-state index is -0.630. The summed E-state index contributed by atoms with van der Waals surface area (Å²) in [6.07, 6.45) is 5.90. The van der Waals surface area contributed by atoms with Crippen LogP contribution in [-0.4, -0.2) is 67.0 Å². The van der Waals surface area contributed by atoms with Crippen LogP contribution in [0.15, 0.2) is 49.1 Å². The number of aromatic nitrogens is 6. The van der Waals surface area contributed by atoms with Crippen molar-refractivity contribution < 1.29 is 19.3 Å². The van der Waals surface area contributed by atoms with Crippen molar-refractivity contribution in [1.82, 2.24) is 29.7 Å². The second kappa shape index (κ2) is 12.9. The SMILES string of the molecule is COc1cccc(OC)c1-n1c(NSC(C)C(OCC(C)O)c2ncc(C)cn2)nnc1-c1cncc(C)c1. The number of para-hydroxylation sites is 1. The molecule has 3 atom stereocenters. The Morgan fingerprint density at radius 1 is 0.974 bits per heavy atom. The quantitative estimate of drug-likeness (QED) is 0.244. The summed E-state index contributed by atoms with van der Waals surface area (Å²) >= 11 is 1.38. The van der Waals surface area contributed by atoms with Gasteiger partial charge < -0.3 is 19.3 Å². The molecule has 11 nitrogen and oxygen atoms in total. The molecule has 2 N–H and O–H groups in total. The van der Waals surface area contributed by atoms with Gasteiger partial charge in [-0.2, -0.15) is 0 Å². The molecular formula is C27H33N7O4S. The minimum absolute atomic E-state index is 0.145. The van der Waals surface area contributed by atoms with Gasteiger partial charge in [0.25, 0.3) is 0 Å². The minimum Gasteiger partial charge on any atom is -0.494 e. The molecule has 1 aromatic carbocycles. The first-order valence-corrected chi connectivity index (χ1v) is 13.3. The van der Waals surface area contributed by atoms with Gasteiger partial charge in [0, 0.05) is 30.4 Å². The molecule has 0 saturated heterocycles. The molecule has 206 valence electrons. The molecule has 0 aliphatic carbocycles. The molecule has 0 aliphatic heterocycles. The highest BCUT2D eigenvalue weighted by atomic mass is 32.2. The van der Waals surface area contributed by atoms with Gasteiger partial charge in [0.05, 0.1) is 32.2 Å². The molecule has 3 unspecified atom stereocenters. The molecule has 39 heavy (non-hydrogen) atoms. The molecule has 0 radical (unpaired) electrons. The van der Waals surface area contributed by atoms with E-state index in [9.17, 15) is 5.11 Å². The van der Waals surface area contributed by atoms with Crippen LogP contribution in [0, 0.1) is 13.8 Å². The molecule has 0 aliphatic rings. The molecule has 3 aromatic heterocycles. The van der Waals surface area contributed by atoms with Crippen LogP contribution in [0.1, 0.15) is 36.9 Å². The summed E-state index contributed by atoms with van der Waals surface area (Å²) in [4.78, 5) is 13.3. The highest BCUT2D eigenvalue weighted by Crippen LogP contribution is 2.38. The first kappa shape index (κ1) is 28.3. The molecule has 4 rings (SSSR count). The molecule has 3 heterocycles. The topological polar surface area (TPSA) is 129 Å². The van der Waals surface area contributed by atoms with Crippen molar-refractivity contribution in [3.05, 3.63) is 66.0 Å². The van der Waals surface area contributed by atoms with E-state index in [1.165, 1.54) is 11.9 Å². The van der Waals surface area contributed by atoms with Crippen LogP contribution in [0.4, 0.5) is 5.95 Å². The van der Waals surface area contributed by atoms with Gasteiger partial charge in [0.2, 0.25) is 5.95 Å². The summed E-state index contributed by atoms with van der Waals surface area (Å²) in [6, 6.07) is 7.55. The van der Waals surface area contributed by atoms with Gasteiger partial charge in [-0.05, 0) is 69.0 Å². The Balaban J connectivity index is 1.72. The average Bonchev–Trinajstić information content (AvgIpc) is 3.35. The first-order valence-electron chi connectivity index (χ1n) is 12.4. The molecule has 0 saturated carbocycles. The van der Waals surface area contributed by atoms with Crippen molar-refractivity contribution in [3.8, 4) is 28.6 Å². The Morgan fingerprint density at radius 2 is 1.67 bits per heavy atom. The lowest BCUT2D eigenvalue weighted by molar-refractivity contribution is -0.00661. The molecule has 4 aromatic rings. The van der Waals surface area contributed by atoms with Crippen LogP contribution in [0.3, 0.4) is 0 Å². The Bertz CT molecular complexity index is 1360. The predicted octanol–water partition coefficient (Wildman–Crippen LogP) is 4.34. The lowest BCUT2D eigenvalue weighted by Crippen LogP contribution is -2.23. The van der Waals surface area contributed by atoms with Crippen LogP contribution in [0.2, 0.25) is 0 Å². The van der Waals surface area contributed by atoms with Crippen LogP contribution < -0.4 is 14.2 Å². The van der Waals surface area contributed by atoms with Crippen LogP contribution in [0.25, 0.3) is 17.1 Å². The number of nitrogens with zero attached hydrogens (tertiary/aromatic N) is 6. The Labute approximate surface area is 232 Å². The molecule has 0 spiro atoms. The molecule has 0 amide bonds. The fourth-order valence-corrected chi connectivity index (χ4v) is 4.65. The van der Waals surface area contributed by atoms with Gasteiger partial charge in [-0.3, -0.25) is 14.3 Å². The number of aryl methyl sites for hydroxylation is 2. The van der Waals surface area contributed by atoms with Gasteiger partial charge in [-0.25, -0.2) is 9.97 Å². The van der Waals surface area contributed by atoms with Crippen molar-refractivity contribution in [2.24, 2.45) is 0 Å². The van der Waals surface area contributed by atoms with Gasteiger partial charge in [0.15, 0.2) is 11.6 Å². The number of anilines is 1. The standard InChI is InChI=1S/C27H33N7O4S/c1-16-10-20(14-28-11-16)26-31-32-27(34(26)23-21(36-5)8-7-9-22(23)37-6)33-39-19(4)24(38-15-18(3)35)25-29-12-17(2)13-30-25/h7-14,18-19,24,35H,15H2,1-6H3,(H,32,33). The average molecular weight is 552 g/mol. The number of ether oxygens (including phenoxy) is 3. The Hall–Kier alpha value is -3.74. The van der Waals surface area contributed by atoms with Crippen LogP contribution in [-0.2, 0) is 4.74 Å². The molecular weight excluding hydrogens is 518 g/mol. The lowest BCUT2D eigenvalue weighted by Gasteiger charge is -2.24. The van der Waals surface area contributed by atoms with E-state index >= 15 is 0 Å². The highest BCUT2D eigenvalue weighted by Gasteiger charge is 2.27. The second-order valence-electron chi connectivity index (χ2n) is 9.09. The number of aliphatic hydroxyl groups is 1. The Morgan fingerprint density at radius 3 is 2.28 bits per heavy atom. The monoisotopic (exact) mass is 551 g/mol. The number of methoxy groups -OCH3 is 2. The maximum Gasteiger partial charge on any atom is 0.239 e. The second-order valence-corrected chi connectivity index (χ2v) is 10.3. The summed E-state index contributed by atoms with van der Waals surface area (Å²) < 4.78 is 22.6. The number of pyridine rings is 1. The van der Waals surface area contributed by atoms with Gasteiger partial charge >= 0.3 is 0 Å². The number of benzene rings is 1. The summed E-state index contributed by atoms with van der Waals surface area (Å²) in [5.41, 5.74) is 3.36. The molecule has 0 fully saturated rings. The van der Waals surface area contributed by atoms with Crippen molar-refractivity contribution >= 4 is 17.9 Å².